The van der Waals surface area contributed by atoms with Gasteiger partial charge in [0, 0.05) is 6.21 Å². The fraction of sp³-hybridized carbons (Fsp3) is 0.300. The number of rotatable bonds is 7. The van der Waals surface area contributed by atoms with Crippen LogP contribution in [0.1, 0.15) is 5.56 Å². The largest absolute Gasteiger partial charge is 0.463 e. The topological polar surface area (TPSA) is 144 Å². The second-order valence-corrected chi connectivity index (χ2v) is 6.47. The van der Waals surface area contributed by atoms with Gasteiger partial charge in [0.1, 0.15) is 36.3 Å². The Bertz CT molecular complexity index is 1050. The lowest BCUT2D eigenvalue weighted by Crippen LogP contribution is -2.46. The summed E-state index contributed by atoms with van der Waals surface area (Å²) in [6.45, 7) is -1.09. The summed E-state index contributed by atoms with van der Waals surface area (Å²) < 4.78 is 5.52. The van der Waals surface area contributed by atoms with Crippen LogP contribution in [0.25, 0.3) is 21.7 Å². The summed E-state index contributed by atoms with van der Waals surface area (Å²) >= 11 is 0. The predicted octanol–water partition coefficient (Wildman–Crippen LogP) is -0.199. The van der Waals surface area contributed by atoms with Crippen molar-refractivity contribution in [3.8, 4) is 0 Å². The molecule has 0 amide bonds. The number of hydrogen-bond donors (Lipinski definition) is 5. The fourth-order valence-corrected chi connectivity index (χ4v) is 2.93. The number of aliphatic hydroxyl groups is 5. The van der Waals surface area contributed by atoms with Crippen LogP contribution in [0.3, 0.4) is 0 Å². The minimum atomic E-state index is -1.73. The van der Waals surface area contributed by atoms with Gasteiger partial charge < -0.3 is 29.9 Å². The number of aliphatic imine (C=N–C) groups is 1. The summed E-state index contributed by atoms with van der Waals surface area (Å²) in [7, 11) is 0. The van der Waals surface area contributed by atoms with Crippen LogP contribution >= 0.6 is 0 Å². The molecule has 0 bridgehead atoms. The lowest BCUT2D eigenvalue weighted by molar-refractivity contribution is -0.112. The molecule has 5 N–H and O–H groups in total. The Morgan fingerprint density at radius 1 is 1.00 bits per heavy atom. The number of nitrogens with zero attached hydrogens (tertiary/aromatic N) is 1. The van der Waals surface area contributed by atoms with E-state index in [9.17, 15) is 25.2 Å². The smallest absolute Gasteiger partial charge is 0.202 e. The van der Waals surface area contributed by atoms with Gasteiger partial charge in [-0.25, -0.2) is 0 Å². The van der Waals surface area contributed by atoms with E-state index in [4.69, 9.17) is 9.52 Å². The maximum atomic E-state index is 12.8. The lowest BCUT2D eigenvalue weighted by atomic mass is 10.0. The molecule has 0 saturated heterocycles. The van der Waals surface area contributed by atoms with Gasteiger partial charge in [0.2, 0.25) is 5.43 Å². The van der Waals surface area contributed by atoms with Crippen molar-refractivity contribution in [2.24, 2.45) is 4.99 Å². The second-order valence-electron chi connectivity index (χ2n) is 6.47. The van der Waals surface area contributed by atoms with Crippen LogP contribution in [0.2, 0.25) is 0 Å². The van der Waals surface area contributed by atoms with Gasteiger partial charge in [0.25, 0.3) is 0 Å². The van der Waals surface area contributed by atoms with Crippen LogP contribution in [-0.4, -0.2) is 69.3 Å². The van der Waals surface area contributed by atoms with Gasteiger partial charge in [-0.1, -0.05) is 30.3 Å². The Hall–Kier alpha value is -2.62. The van der Waals surface area contributed by atoms with Gasteiger partial charge in [0.15, 0.2) is 0 Å². The van der Waals surface area contributed by atoms with E-state index in [2.05, 4.69) is 4.99 Å². The van der Waals surface area contributed by atoms with Crippen LogP contribution < -0.4 is 5.43 Å². The standard InChI is InChI=1S/C20H21NO7/c22-9-15(24)20(27)19(26)14(23)8-21-7-12-10-28-16-6-5-11-3-1-2-4-13(11)17(16)18(12)25/h1-7,10,14-15,19-20,22-24,26-27H,8-9H2/t14-,15+,19+,20+/m0/s1. The third-order valence-corrected chi connectivity index (χ3v) is 4.54. The molecule has 3 rings (SSSR count). The number of aliphatic hydroxyl groups excluding tert-OH is 5. The summed E-state index contributed by atoms with van der Waals surface area (Å²) in [5, 5.41) is 49.4. The van der Waals surface area contributed by atoms with Crippen molar-refractivity contribution in [3.05, 3.63) is 58.4 Å². The van der Waals surface area contributed by atoms with E-state index < -0.39 is 31.0 Å². The molecule has 4 atom stereocenters. The van der Waals surface area contributed by atoms with Crippen LogP contribution in [0.5, 0.6) is 0 Å². The zero-order chi connectivity index (χ0) is 20.3. The monoisotopic (exact) mass is 387 g/mol. The highest BCUT2D eigenvalue weighted by Gasteiger charge is 2.29. The van der Waals surface area contributed by atoms with Crippen LogP contribution in [0, 0.1) is 0 Å². The third kappa shape index (κ3) is 3.96. The summed E-state index contributed by atoms with van der Waals surface area (Å²) in [6.07, 6.45) is -4.05. The van der Waals surface area contributed by atoms with Gasteiger partial charge >= 0.3 is 0 Å². The molecule has 3 aromatic rings. The van der Waals surface area contributed by atoms with Crippen LogP contribution in [0.15, 0.2) is 56.9 Å². The third-order valence-electron chi connectivity index (χ3n) is 4.54. The lowest BCUT2D eigenvalue weighted by Gasteiger charge is -2.24. The summed E-state index contributed by atoms with van der Waals surface area (Å²) in [4.78, 5) is 16.8. The zero-order valence-electron chi connectivity index (χ0n) is 14.8. The van der Waals surface area contributed by atoms with E-state index in [0.29, 0.717) is 11.0 Å². The molecule has 0 radical (unpaired) electrons. The average molecular weight is 387 g/mol. The van der Waals surface area contributed by atoms with Crippen molar-refractivity contribution in [2.45, 2.75) is 24.4 Å². The zero-order valence-corrected chi connectivity index (χ0v) is 14.8. The molecular formula is C20H21NO7. The first-order chi connectivity index (χ1) is 13.4. The maximum Gasteiger partial charge on any atom is 0.202 e. The van der Waals surface area contributed by atoms with Crippen molar-refractivity contribution >= 4 is 28.0 Å². The normalized spacial score (nSPS) is 16.5. The maximum absolute atomic E-state index is 12.8. The van der Waals surface area contributed by atoms with Crippen molar-refractivity contribution < 1.29 is 29.9 Å². The van der Waals surface area contributed by atoms with E-state index >= 15 is 0 Å². The number of hydrogen-bond acceptors (Lipinski definition) is 8. The van der Waals surface area contributed by atoms with Gasteiger partial charge in [-0.2, -0.15) is 0 Å². The van der Waals surface area contributed by atoms with E-state index in [1.807, 2.05) is 30.3 Å². The Balaban J connectivity index is 1.84. The van der Waals surface area contributed by atoms with E-state index in [1.165, 1.54) is 12.5 Å². The predicted molar refractivity (Wildman–Crippen MR) is 104 cm³/mol. The molecule has 0 aliphatic carbocycles. The highest BCUT2D eigenvalue weighted by molar-refractivity contribution is 6.06. The van der Waals surface area contributed by atoms with E-state index in [0.717, 1.165) is 10.8 Å². The minimum absolute atomic E-state index is 0.168. The van der Waals surface area contributed by atoms with Crippen molar-refractivity contribution in [1.82, 2.24) is 0 Å². The molecular weight excluding hydrogens is 366 g/mol. The molecule has 0 aliphatic rings. The highest BCUT2D eigenvalue weighted by atomic mass is 16.4. The Labute approximate surface area is 159 Å². The summed E-state index contributed by atoms with van der Waals surface area (Å²) in [5.74, 6) is 0. The van der Waals surface area contributed by atoms with E-state index in [-0.39, 0.29) is 17.5 Å². The minimum Gasteiger partial charge on any atom is -0.463 e. The Kier molecular flexibility index (Phi) is 6.18. The van der Waals surface area contributed by atoms with Crippen molar-refractivity contribution in [2.75, 3.05) is 13.2 Å². The first-order valence-electron chi connectivity index (χ1n) is 8.70. The van der Waals surface area contributed by atoms with Gasteiger partial charge in [-0.15, -0.1) is 0 Å². The first-order valence-corrected chi connectivity index (χ1v) is 8.70. The average Bonchev–Trinajstić information content (AvgIpc) is 2.73. The van der Waals surface area contributed by atoms with Crippen LogP contribution in [0.4, 0.5) is 0 Å². The molecule has 1 heterocycles. The van der Waals surface area contributed by atoms with Crippen LogP contribution in [-0.2, 0) is 0 Å². The Morgan fingerprint density at radius 3 is 2.46 bits per heavy atom. The van der Waals surface area contributed by atoms with Gasteiger partial charge in [-0.05, 0) is 16.8 Å². The quantitative estimate of drug-likeness (QED) is 0.279. The SMILES string of the molecule is O=c1c(C=NC[C@H](O)[C@@H](O)[C@H](O)[C@H](O)CO)coc2ccc3ccccc3c12. The molecule has 8 heteroatoms. The molecule has 0 unspecified atom stereocenters. The first kappa shape index (κ1) is 20.1. The molecule has 0 aliphatic heterocycles. The summed E-state index contributed by atoms with van der Waals surface area (Å²) in [5.41, 5.74) is 0.325. The van der Waals surface area contributed by atoms with Gasteiger partial charge in [0.05, 0.1) is 24.1 Å². The molecule has 1 aromatic heterocycles. The fourth-order valence-electron chi connectivity index (χ4n) is 2.93. The number of fused-ring (bicyclic) bond motifs is 3. The van der Waals surface area contributed by atoms with Gasteiger partial charge in [-0.3, -0.25) is 9.79 Å². The molecule has 0 spiro atoms. The molecule has 0 saturated carbocycles. The second kappa shape index (κ2) is 8.59. The van der Waals surface area contributed by atoms with E-state index in [1.54, 1.807) is 6.07 Å². The molecule has 148 valence electrons. The molecule has 0 fully saturated rings. The van der Waals surface area contributed by atoms with Crippen molar-refractivity contribution in [1.29, 1.82) is 0 Å². The molecule has 2 aromatic carbocycles. The van der Waals surface area contributed by atoms with Crippen molar-refractivity contribution in [3.63, 3.8) is 0 Å². The highest BCUT2D eigenvalue weighted by Crippen LogP contribution is 2.22. The summed E-state index contributed by atoms with van der Waals surface area (Å²) in [6, 6.07) is 11.0. The molecule has 28 heavy (non-hydrogen) atoms. The molecule has 8 nitrogen and oxygen atoms in total. The number of benzene rings is 2. The Morgan fingerprint density at radius 2 is 1.71 bits per heavy atom.